The van der Waals surface area contributed by atoms with Crippen molar-refractivity contribution in [2.75, 3.05) is 52.7 Å². The minimum atomic E-state index is -0.441. The second-order valence-electron chi connectivity index (χ2n) is 9.96. The summed E-state index contributed by atoms with van der Waals surface area (Å²) < 4.78 is 24.7. The highest BCUT2D eigenvalue weighted by Gasteiger charge is 2.22. The number of carbonyl (C=O) groups excluding carboxylic acids is 1. The van der Waals surface area contributed by atoms with E-state index >= 15 is 0 Å². The number of ether oxygens (including phenoxy) is 4. The van der Waals surface area contributed by atoms with Crippen LogP contribution in [0.2, 0.25) is 0 Å². The summed E-state index contributed by atoms with van der Waals surface area (Å²) in [6.07, 6.45) is 8.92. The van der Waals surface area contributed by atoms with Crippen LogP contribution in [0.15, 0.2) is 54.7 Å². The second-order valence-corrected chi connectivity index (χ2v) is 9.96. The van der Waals surface area contributed by atoms with E-state index in [0.29, 0.717) is 18.1 Å². The minimum absolute atomic E-state index is 0.284. The molecule has 8 heteroatoms. The van der Waals surface area contributed by atoms with Gasteiger partial charge in [0.25, 0.3) is 0 Å². The van der Waals surface area contributed by atoms with E-state index in [1.807, 2.05) is 42.5 Å². The highest BCUT2D eigenvalue weighted by molar-refractivity contribution is 5.92. The first kappa shape index (κ1) is 29.6. The lowest BCUT2D eigenvalue weighted by molar-refractivity contribution is 0.0316. The highest BCUT2D eigenvalue weighted by Crippen LogP contribution is 2.32. The third-order valence-electron chi connectivity index (χ3n) is 7.04. The third-order valence-corrected chi connectivity index (χ3v) is 7.04. The molecule has 0 aliphatic carbocycles. The molecule has 2 heterocycles. The number of rotatable bonds is 16. The average Bonchev–Trinajstić information content (AvgIpc) is 3.42. The second kappa shape index (κ2) is 16.0. The number of carbonyl (C=O) groups is 1. The van der Waals surface area contributed by atoms with Gasteiger partial charge >= 0.3 is 5.97 Å². The normalized spacial score (nSPS) is 13.8. The summed E-state index contributed by atoms with van der Waals surface area (Å²) in [6.45, 7) is 9.40. The van der Waals surface area contributed by atoms with Gasteiger partial charge in [0.2, 0.25) is 5.88 Å². The number of para-hydroxylation sites is 1. The van der Waals surface area contributed by atoms with Gasteiger partial charge in [0.1, 0.15) is 17.9 Å². The van der Waals surface area contributed by atoms with E-state index in [1.54, 1.807) is 11.6 Å². The van der Waals surface area contributed by atoms with Crippen LogP contribution in [0.1, 0.15) is 62.7 Å². The molecule has 0 N–H and O–H groups in total. The average molecular weight is 550 g/mol. The molecule has 1 aliphatic heterocycles. The van der Waals surface area contributed by atoms with Crippen molar-refractivity contribution in [2.24, 2.45) is 0 Å². The van der Waals surface area contributed by atoms with Gasteiger partial charge in [-0.3, -0.25) is 4.90 Å². The number of hydrogen-bond acceptors (Lipinski definition) is 7. The molecule has 8 nitrogen and oxygen atoms in total. The van der Waals surface area contributed by atoms with Gasteiger partial charge in [-0.1, -0.05) is 69.4 Å². The Morgan fingerprint density at radius 2 is 1.65 bits per heavy atom. The molecule has 0 amide bonds. The van der Waals surface area contributed by atoms with Crippen LogP contribution in [0.3, 0.4) is 0 Å². The lowest BCUT2D eigenvalue weighted by Gasteiger charge is -2.26. The van der Waals surface area contributed by atoms with Gasteiger partial charge in [-0.2, -0.15) is 5.10 Å². The van der Waals surface area contributed by atoms with Gasteiger partial charge < -0.3 is 18.9 Å². The van der Waals surface area contributed by atoms with Crippen molar-refractivity contribution in [3.63, 3.8) is 0 Å². The van der Waals surface area contributed by atoms with E-state index < -0.39 is 5.97 Å². The third kappa shape index (κ3) is 8.32. The fourth-order valence-corrected chi connectivity index (χ4v) is 4.78. The standard InChI is InChI=1S/C32H43N3O5/c1-3-5-6-7-8-11-21-39-30-13-10-9-12-28(30)26-14-16-27(17-15-26)35-31(29(25-33-35)32(36)38-4-2)40-24-20-34-18-22-37-23-19-34/h9-10,12-17,25H,3-8,11,18-24H2,1-2H3. The monoisotopic (exact) mass is 549 g/mol. The van der Waals surface area contributed by atoms with Gasteiger partial charge in [0.15, 0.2) is 0 Å². The fourth-order valence-electron chi connectivity index (χ4n) is 4.78. The van der Waals surface area contributed by atoms with Crippen LogP contribution in [0, 0.1) is 0 Å². The number of benzene rings is 2. The molecule has 1 aromatic heterocycles. The van der Waals surface area contributed by atoms with Crippen molar-refractivity contribution in [2.45, 2.75) is 52.4 Å². The molecule has 3 aromatic rings. The lowest BCUT2D eigenvalue weighted by Crippen LogP contribution is -2.38. The Balaban J connectivity index is 1.45. The zero-order chi connectivity index (χ0) is 28.0. The van der Waals surface area contributed by atoms with Crippen molar-refractivity contribution in [1.29, 1.82) is 0 Å². The largest absolute Gasteiger partial charge is 0.493 e. The summed E-state index contributed by atoms with van der Waals surface area (Å²) in [5, 5.41) is 4.48. The van der Waals surface area contributed by atoms with E-state index in [1.165, 1.54) is 38.3 Å². The SMILES string of the molecule is CCCCCCCCOc1ccccc1-c1ccc(-n2ncc(C(=O)OCC)c2OCCN2CCOCC2)cc1. The Morgan fingerprint density at radius 3 is 2.42 bits per heavy atom. The van der Waals surface area contributed by atoms with Crippen LogP contribution in [-0.2, 0) is 9.47 Å². The van der Waals surface area contributed by atoms with Crippen LogP contribution in [-0.4, -0.2) is 73.3 Å². The van der Waals surface area contributed by atoms with Crippen LogP contribution < -0.4 is 9.47 Å². The molecule has 0 bridgehead atoms. The molecule has 0 unspecified atom stereocenters. The molecule has 1 saturated heterocycles. The van der Waals surface area contributed by atoms with E-state index in [0.717, 1.165) is 68.4 Å². The van der Waals surface area contributed by atoms with Crippen LogP contribution >= 0.6 is 0 Å². The molecule has 40 heavy (non-hydrogen) atoms. The molecule has 0 radical (unpaired) electrons. The number of aromatic nitrogens is 2. The number of unbranched alkanes of at least 4 members (excludes halogenated alkanes) is 5. The summed E-state index contributed by atoms with van der Waals surface area (Å²) in [7, 11) is 0. The van der Waals surface area contributed by atoms with Crippen molar-refractivity contribution in [1.82, 2.24) is 14.7 Å². The van der Waals surface area contributed by atoms with E-state index in [9.17, 15) is 4.79 Å². The number of nitrogens with zero attached hydrogens (tertiary/aromatic N) is 3. The van der Waals surface area contributed by atoms with Crippen molar-refractivity contribution >= 4 is 5.97 Å². The summed E-state index contributed by atoms with van der Waals surface area (Å²) >= 11 is 0. The molecule has 1 aliphatic rings. The molecule has 0 spiro atoms. The van der Waals surface area contributed by atoms with Crippen molar-refractivity contribution in [3.05, 3.63) is 60.3 Å². The Bertz CT molecular complexity index is 1170. The van der Waals surface area contributed by atoms with E-state index in [2.05, 4.69) is 23.0 Å². The topological polar surface area (TPSA) is 75.1 Å². The van der Waals surface area contributed by atoms with Gasteiger partial charge in [-0.25, -0.2) is 9.48 Å². The van der Waals surface area contributed by atoms with Gasteiger partial charge in [-0.05, 0) is 37.1 Å². The predicted octanol–water partition coefficient (Wildman–Crippen LogP) is 6.17. The first-order valence-electron chi connectivity index (χ1n) is 14.7. The summed E-state index contributed by atoms with van der Waals surface area (Å²) in [6, 6.07) is 16.2. The van der Waals surface area contributed by atoms with Crippen molar-refractivity contribution < 1.29 is 23.7 Å². The zero-order valence-electron chi connectivity index (χ0n) is 24.0. The Kier molecular flexibility index (Phi) is 11.9. The first-order chi connectivity index (χ1) is 19.7. The summed E-state index contributed by atoms with van der Waals surface area (Å²) in [4.78, 5) is 14.9. The summed E-state index contributed by atoms with van der Waals surface area (Å²) in [5.74, 6) is 0.838. The molecule has 216 valence electrons. The number of hydrogen-bond donors (Lipinski definition) is 0. The van der Waals surface area contributed by atoms with Gasteiger partial charge in [0, 0.05) is 25.2 Å². The zero-order valence-corrected chi connectivity index (χ0v) is 24.0. The maximum absolute atomic E-state index is 12.6. The van der Waals surface area contributed by atoms with Crippen LogP contribution in [0.4, 0.5) is 0 Å². The number of esters is 1. The molecule has 0 atom stereocenters. The van der Waals surface area contributed by atoms with E-state index in [4.69, 9.17) is 18.9 Å². The maximum atomic E-state index is 12.6. The smallest absolute Gasteiger partial charge is 0.345 e. The summed E-state index contributed by atoms with van der Waals surface area (Å²) in [5.41, 5.74) is 3.22. The quantitative estimate of drug-likeness (QED) is 0.156. The molecule has 0 saturated carbocycles. The number of morpholine rings is 1. The van der Waals surface area contributed by atoms with Crippen LogP contribution in [0.25, 0.3) is 16.8 Å². The lowest BCUT2D eigenvalue weighted by atomic mass is 10.0. The molecular weight excluding hydrogens is 506 g/mol. The fraction of sp³-hybridized carbons (Fsp3) is 0.500. The Labute approximate surface area is 238 Å². The maximum Gasteiger partial charge on any atom is 0.345 e. The molecule has 2 aromatic carbocycles. The van der Waals surface area contributed by atoms with Crippen molar-refractivity contribution in [3.8, 4) is 28.4 Å². The molecular formula is C32H43N3O5. The predicted molar refractivity (Wildman–Crippen MR) is 157 cm³/mol. The minimum Gasteiger partial charge on any atom is -0.493 e. The van der Waals surface area contributed by atoms with Gasteiger partial charge in [-0.15, -0.1) is 0 Å². The molecule has 1 fully saturated rings. The van der Waals surface area contributed by atoms with Crippen LogP contribution in [0.5, 0.6) is 11.6 Å². The van der Waals surface area contributed by atoms with Gasteiger partial charge in [0.05, 0.1) is 38.3 Å². The van der Waals surface area contributed by atoms with E-state index in [-0.39, 0.29) is 6.61 Å². The highest BCUT2D eigenvalue weighted by atomic mass is 16.5. The Hall–Kier alpha value is -3.36. The first-order valence-corrected chi connectivity index (χ1v) is 14.7. The Morgan fingerprint density at radius 1 is 0.900 bits per heavy atom. The molecule has 4 rings (SSSR count).